The third-order valence-corrected chi connectivity index (χ3v) is 4.01. The largest absolute Gasteiger partial charge is 0.389 e. The van der Waals surface area contributed by atoms with Crippen molar-refractivity contribution in [2.24, 2.45) is 5.73 Å². The lowest BCUT2D eigenvalue weighted by atomic mass is 10.2. The molecule has 0 atom stereocenters. The van der Waals surface area contributed by atoms with Crippen molar-refractivity contribution in [3.05, 3.63) is 29.6 Å². The lowest BCUT2D eigenvalue weighted by Gasteiger charge is -2.08. The molecule has 0 aliphatic heterocycles. The molecule has 100 valence electrons. The van der Waals surface area contributed by atoms with Crippen LogP contribution in [0.5, 0.6) is 0 Å². The van der Waals surface area contributed by atoms with Gasteiger partial charge in [-0.15, -0.1) is 0 Å². The molecule has 0 saturated carbocycles. The molecule has 0 aliphatic rings. The number of hydrogen-bond acceptors (Lipinski definition) is 3. The van der Waals surface area contributed by atoms with Gasteiger partial charge in [-0.05, 0) is 24.6 Å². The Morgan fingerprint density at radius 3 is 2.72 bits per heavy atom. The van der Waals surface area contributed by atoms with Gasteiger partial charge in [-0.25, -0.2) is 17.5 Å². The second kappa shape index (κ2) is 6.21. The highest BCUT2D eigenvalue weighted by atomic mass is 32.2. The normalized spacial score (nSPS) is 11.4. The number of nitrogens with two attached hydrogens (primary N) is 1. The van der Waals surface area contributed by atoms with Crippen LogP contribution in [0.25, 0.3) is 0 Å². The van der Waals surface area contributed by atoms with Gasteiger partial charge < -0.3 is 5.73 Å². The highest BCUT2D eigenvalue weighted by Crippen LogP contribution is 2.15. The molecule has 0 radical (unpaired) electrons. The van der Waals surface area contributed by atoms with Crippen molar-refractivity contribution in [1.82, 2.24) is 4.72 Å². The van der Waals surface area contributed by atoms with Crippen molar-refractivity contribution in [3.63, 3.8) is 0 Å². The molecule has 0 fully saturated rings. The molecule has 7 heteroatoms. The van der Waals surface area contributed by atoms with Gasteiger partial charge in [0.1, 0.15) is 10.8 Å². The number of rotatable bonds is 6. The van der Waals surface area contributed by atoms with Crippen molar-refractivity contribution in [3.8, 4) is 0 Å². The van der Waals surface area contributed by atoms with Crippen LogP contribution in [0.15, 0.2) is 23.1 Å². The highest BCUT2D eigenvalue weighted by molar-refractivity contribution is 7.89. The van der Waals surface area contributed by atoms with Crippen LogP contribution in [-0.4, -0.2) is 20.0 Å². The molecule has 0 bridgehead atoms. The molecule has 0 aromatic heterocycles. The first-order valence-corrected chi connectivity index (χ1v) is 7.36. The molecule has 0 heterocycles. The average molecular weight is 290 g/mol. The monoisotopic (exact) mass is 290 g/mol. The Bertz CT molecular complexity index is 544. The zero-order chi connectivity index (χ0) is 13.8. The maximum absolute atomic E-state index is 13.3. The van der Waals surface area contributed by atoms with Crippen LogP contribution in [0.3, 0.4) is 0 Å². The molecule has 0 spiro atoms. The van der Waals surface area contributed by atoms with E-state index in [1.807, 2.05) is 6.92 Å². The molecule has 0 unspecified atom stereocenters. The van der Waals surface area contributed by atoms with Gasteiger partial charge >= 0.3 is 0 Å². The fourth-order valence-corrected chi connectivity index (χ4v) is 2.58. The van der Waals surface area contributed by atoms with Crippen LogP contribution >= 0.6 is 12.2 Å². The Labute approximate surface area is 111 Å². The summed E-state index contributed by atoms with van der Waals surface area (Å²) < 4.78 is 39.5. The zero-order valence-corrected chi connectivity index (χ0v) is 11.6. The van der Waals surface area contributed by atoms with Crippen molar-refractivity contribution in [2.75, 3.05) is 6.54 Å². The summed E-state index contributed by atoms with van der Waals surface area (Å²) >= 11 is 4.66. The summed E-state index contributed by atoms with van der Waals surface area (Å²) in [5, 5.41) is 0. The van der Waals surface area contributed by atoms with E-state index < -0.39 is 15.8 Å². The van der Waals surface area contributed by atoms with E-state index in [1.165, 1.54) is 6.07 Å². The lowest BCUT2D eigenvalue weighted by molar-refractivity contribution is 0.577. The second-order valence-electron chi connectivity index (χ2n) is 3.76. The van der Waals surface area contributed by atoms with Crippen molar-refractivity contribution in [2.45, 2.75) is 24.7 Å². The summed E-state index contributed by atoms with van der Waals surface area (Å²) in [6.45, 7) is 2.30. The van der Waals surface area contributed by atoms with E-state index in [0.29, 0.717) is 6.54 Å². The van der Waals surface area contributed by atoms with Gasteiger partial charge in [-0.1, -0.05) is 25.6 Å². The van der Waals surface area contributed by atoms with Crippen LogP contribution < -0.4 is 10.5 Å². The Morgan fingerprint density at radius 1 is 1.50 bits per heavy atom. The van der Waals surface area contributed by atoms with Crippen LogP contribution in [0.4, 0.5) is 4.39 Å². The molecular weight excluding hydrogens is 275 g/mol. The number of hydrogen-bond donors (Lipinski definition) is 2. The molecule has 1 rings (SSSR count). The first-order chi connectivity index (χ1) is 8.38. The maximum atomic E-state index is 13.3. The number of nitrogens with one attached hydrogen (secondary N) is 1. The molecule has 0 saturated heterocycles. The van der Waals surface area contributed by atoms with Crippen LogP contribution in [0.2, 0.25) is 0 Å². The van der Waals surface area contributed by atoms with E-state index in [4.69, 9.17) is 5.73 Å². The predicted octanol–water partition coefficient (Wildman–Crippen LogP) is 1.54. The molecular formula is C11H15FN2O2S2. The van der Waals surface area contributed by atoms with Gasteiger partial charge in [-0.3, -0.25) is 0 Å². The average Bonchev–Trinajstić information content (AvgIpc) is 2.29. The molecule has 3 N–H and O–H groups in total. The molecule has 0 aliphatic carbocycles. The van der Waals surface area contributed by atoms with Crippen LogP contribution in [0.1, 0.15) is 25.3 Å². The van der Waals surface area contributed by atoms with Gasteiger partial charge in [0.2, 0.25) is 10.0 Å². The molecule has 1 aromatic rings. The summed E-state index contributed by atoms with van der Waals surface area (Å²) in [6.07, 6.45) is 1.62. The number of unbranched alkanes of at least 4 members (excludes halogenated alkanes) is 1. The minimum Gasteiger partial charge on any atom is -0.389 e. The fraction of sp³-hybridized carbons (Fsp3) is 0.364. The minimum absolute atomic E-state index is 0.0391. The second-order valence-corrected chi connectivity index (χ2v) is 5.96. The molecule has 4 nitrogen and oxygen atoms in total. The molecule has 18 heavy (non-hydrogen) atoms. The third-order valence-electron chi connectivity index (χ3n) is 2.34. The Balaban J connectivity index is 3.02. The summed E-state index contributed by atoms with van der Waals surface area (Å²) in [5.74, 6) is -0.630. The van der Waals surface area contributed by atoms with Gasteiger partial charge in [0.25, 0.3) is 0 Å². The van der Waals surface area contributed by atoms with Crippen molar-refractivity contribution < 1.29 is 12.8 Å². The minimum atomic E-state index is -3.64. The Hall–Kier alpha value is -1.05. The zero-order valence-electron chi connectivity index (χ0n) is 9.94. The summed E-state index contributed by atoms with van der Waals surface area (Å²) in [6, 6.07) is 3.38. The van der Waals surface area contributed by atoms with Crippen molar-refractivity contribution >= 4 is 27.2 Å². The predicted molar refractivity (Wildman–Crippen MR) is 72.4 cm³/mol. The summed E-state index contributed by atoms with van der Waals surface area (Å²) in [5.41, 5.74) is 5.26. The van der Waals surface area contributed by atoms with Crippen LogP contribution in [-0.2, 0) is 10.0 Å². The molecule has 1 aromatic carbocycles. The lowest BCUT2D eigenvalue weighted by Crippen LogP contribution is -2.25. The summed E-state index contributed by atoms with van der Waals surface area (Å²) in [4.78, 5) is -0.207. The summed E-state index contributed by atoms with van der Waals surface area (Å²) in [7, 11) is -3.64. The van der Waals surface area contributed by atoms with E-state index in [2.05, 4.69) is 16.9 Å². The Morgan fingerprint density at radius 2 is 2.17 bits per heavy atom. The SMILES string of the molecule is CCCCNS(=O)(=O)c1ccc(F)c(C(N)=S)c1. The quantitative estimate of drug-likeness (QED) is 0.616. The topological polar surface area (TPSA) is 72.2 Å². The smallest absolute Gasteiger partial charge is 0.240 e. The van der Waals surface area contributed by atoms with Gasteiger partial charge in [0, 0.05) is 12.1 Å². The first-order valence-electron chi connectivity index (χ1n) is 5.47. The number of benzene rings is 1. The van der Waals surface area contributed by atoms with Crippen molar-refractivity contribution in [1.29, 1.82) is 0 Å². The number of sulfonamides is 1. The standard InChI is InChI=1S/C11H15FN2O2S2/c1-2-3-6-14-18(15,16)8-4-5-10(12)9(7-8)11(13)17/h4-5,7,14H,2-3,6H2,1H3,(H2,13,17). The highest BCUT2D eigenvalue weighted by Gasteiger charge is 2.16. The van der Waals surface area contributed by atoms with E-state index in [1.54, 1.807) is 0 Å². The maximum Gasteiger partial charge on any atom is 0.240 e. The first kappa shape index (κ1) is 15.0. The Kier molecular flexibility index (Phi) is 5.18. The molecule has 0 amide bonds. The van der Waals surface area contributed by atoms with E-state index in [-0.39, 0.29) is 15.4 Å². The third kappa shape index (κ3) is 3.72. The van der Waals surface area contributed by atoms with E-state index in [9.17, 15) is 12.8 Å². The van der Waals surface area contributed by atoms with Gasteiger partial charge in [0.15, 0.2) is 0 Å². The van der Waals surface area contributed by atoms with Crippen LogP contribution in [0, 0.1) is 5.82 Å². The van der Waals surface area contributed by atoms with Gasteiger partial charge in [-0.2, -0.15) is 0 Å². The number of thiocarbonyl (C=S) groups is 1. The van der Waals surface area contributed by atoms with E-state index >= 15 is 0 Å². The fourth-order valence-electron chi connectivity index (χ4n) is 1.33. The number of halogens is 1. The van der Waals surface area contributed by atoms with Gasteiger partial charge in [0.05, 0.1) is 4.90 Å². The van der Waals surface area contributed by atoms with E-state index in [0.717, 1.165) is 25.0 Å².